The third kappa shape index (κ3) is 2.29. The number of nitro benzene ring substituents is 1. The summed E-state index contributed by atoms with van der Waals surface area (Å²) in [7, 11) is 0. The molecule has 0 unspecified atom stereocenters. The normalized spacial score (nSPS) is 9.50. The molecule has 0 spiro atoms. The maximum atomic E-state index is 10.3. The molecular weight excluding hydrogens is 184 g/mol. The quantitative estimate of drug-likeness (QED) is 0.322. The summed E-state index contributed by atoms with van der Waals surface area (Å²) in [6.45, 7) is 2.29. The van der Waals surface area contributed by atoms with E-state index >= 15 is 0 Å². The molecule has 1 aromatic carbocycles. The fraction of sp³-hybridized carbons (Fsp3) is 0.222. The van der Waals surface area contributed by atoms with Crippen LogP contribution < -0.4 is 5.41 Å². The highest BCUT2D eigenvalue weighted by Gasteiger charge is 2.10. The van der Waals surface area contributed by atoms with E-state index in [-0.39, 0.29) is 11.6 Å². The molecule has 0 saturated carbocycles. The lowest BCUT2D eigenvalue weighted by atomic mass is 10.2. The molecule has 0 atom stereocenters. The molecule has 0 bridgehead atoms. The fourth-order valence-electron chi connectivity index (χ4n) is 0.986. The van der Waals surface area contributed by atoms with Gasteiger partial charge in [0.2, 0.25) is 0 Å². The minimum Gasteiger partial charge on any atom is -0.445 e. The summed E-state index contributed by atoms with van der Waals surface area (Å²) in [6.07, 6.45) is 0. The van der Waals surface area contributed by atoms with E-state index in [1.54, 1.807) is 12.1 Å². The Bertz CT molecular complexity index is 346. The van der Waals surface area contributed by atoms with Crippen molar-refractivity contribution in [3.8, 4) is 0 Å². The second kappa shape index (κ2) is 4.36. The van der Waals surface area contributed by atoms with Gasteiger partial charge in [0.05, 0.1) is 17.1 Å². The van der Waals surface area contributed by atoms with Crippen LogP contribution in [0.3, 0.4) is 0 Å². The van der Waals surface area contributed by atoms with Gasteiger partial charge in [-0.05, 0) is 19.1 Å². The number of rotatable bonds is 3. The summed E-state index contributed by atoms with van der Waals surface area (Å²) in [5.74, 6) is 0.280. The molecule has 0 aliphatic heterocycles. The Hall–Kier alpha value is -1.91. The zero-order valence-corrected chi connectivity index (χ0v) is 7.77. The smallest absolute Gasteiger partial charge is 0.366 e. The number of non-ortho nitro benzene ring substituents is 1. The van der Waals surface area contributed by atoms with Gasteiger partial charge in [-0.3, -0.25) is 10.1 Å². The number of nitro groups is 1. The summed E-state index contributed by atoms with van der Waals surface area (Å²) in [4.78, 5) is 9.89. The first kappa shape index (κ1) is 10.2. The van der Waals surface area contributed by atoms with E-state index in [9.17, 15) is 10.1 Å². The van der Waals surface area contributed by atoms with E-state index in [0.717, 1.165) is 0 Å². The highest BCUT2D eigenvalue weighted by atomic mass is 16.6. The monoisotopic (exact) mass is 195 g/mol. The van der Waals surface area contributed by atoms with Gasteiger partial charge in [0.15, 0.2) is 0 Å². The number of ether oxygens (including phenoxy) is 1. The average Bonchev–Trinajstić information content (AvgIpc) is 2.18. The van der Waals surface area contributed by atoms with Gasteiger partial charge in [0.25, 0.3) is 5.69 Å². The van der Waals surface area contributed by atoms with Gasteiger partial charge in [-0.15, -0.1) is 0 Å². The minimum atomic E-state index is -0.458. The highest BCUT2D eigenvalue weighted by Crippen LogP contribution is 2.11. The molecular formula is C9H11N2O3+. The number of benzene rings is 1. The van der Waals surface area contributed by atoms with Gasteiger partial charge < -0.3 is 4.74 Å². The van der Waals surface area contributed by atoms with Crippen LogP contribution in [-0.4, -0.2) is 17.4 Å². The van der Waals surface area contributed by atoms with Gasteiger partial charge in [0.1, 0.15) is 0 Å². The summed E-state index contributed by atoms with van der Waals surface area (Å²) in [5.41, 5.74) is 0.690. The van der Waals surface area contributed by atoms with E-state index in [0.29, 0.717) is 12.2 Å². The van der Waals surface area contributed by atoms with Crippen LogP contribution in [-0.2, 0) is 4.74 Å². The summed E-state index contributed by atoms with van der Waals surface area (Å²) < 4.78 is 5.05. The van der Waals surface area contributed by atoms with Crippen LogP contribution >= 0.6 is 0 Å². The minimum absolute atomic E-state index is 0.0399. The second-order valence-corrected chi connectivity index (χ2v) is 2.60. The summed E-state index contributed by atoms with van der Waals surface area (Å²) >= 11 is 0. The lowest BCUT2D eigenvalue weighted by Crippen LogP contribution is -2.42. The third-order valence-electron chi connectivity index (χ3n) is 1.66. The Kier molecular flexibility index (Phi) is 3.17. The molecule has 0 radical (unpaired) electrons. The van der Waals surface area contributed by atoms with E-state index in [1.165, 1.54) is 12.1 Å². The van der Waals surface area contributed by atoms with Gasteiger partial charge in [-0.2, -0.15) is 0 Å². The maximum absolute atomic E-state index is 10.3. The van der Waals surface area contributed by atoms with Crippen molar-refractivity contribution in [1.29, 1.82) is 0 Å². The summed E-state index contributed by atoms with van der Waals surface area (Å²) in [5, 5.41) is 15.9. The topological polar surface area (TPSA) is 78.0 Å². The van der Waals surface area contributed by atoms with E-state index < -0.39 is 4.92 Å². The largest absolute Gasteiger partial charge is 0.445 e. The van der Waals surface area contributed by atoms with Crippen LogP contribution in [0.15, 0.2) is 24.3 Å². The van der Waals surface area contributed by atoms with E-state index in [1.807, 2.05) is 6.92 Å². The molecule has 0 saturated heterocycles. The van der Waals surface area contributed by atoms with Crippen molar-refractivity contribution in [3.63, 3.8) is 0 Å². The Morgan fingerprint density at radius 1 is 1.50 bits per heavy atom. The van der Waals surface area contributed by atoms with Crippen LogP contribution in [0.1, 0.15) is 12.5 Å². The first-order valence-corrected chi connectivity index (χ1v) is 4.15. The molecule has 2 N–H and O–H groups in total. The average molecular weight is 195 g/mol. The molecule has 1 aromatic rings. The standard InChI is InChI=1S/C9H10N2O3/c1-2-14-9(10)7-3-5-8(6-4-7)11(12)13/h3-6,10H,2H2,1H3/p+1. The number of nitrogens with two attached hydrogens (primary N) is 1. The Morgan fingerprint density at radius 3 is 2.50 bits per heavy atom. The first-order chi connectivity index (χ1) is 6.65. The van der Waals surface area contributed by atoms with Crippen LogP contribution in [0.25, 0.3) is 0 Å². The predicted octanol–water partition coefficient (Wildman–Crippen LogP) is 0.137. The summed E-state index contributed by atoms with van der Waals surface area (Å²) in [6, 6.07) is 5.90. The molecule has 0 aliphatic carbocycles. The number of nitrogens with zero attached hydrogens (tertiary/aromatic N) is 1. The predicted molar refractivity (Wildman–Crippen MR) is 50.8 cm³/mol. The Morgan fingerprint density at radius 2 is 2.07 bits per heavy atom. The highest BCUT2D eigenvalue weighted by molar-refractivity contribution is 5.89. The molecule has 5 heteroatoms. The fourth-order valence-corrected chi connectivity index (χ4v) is 0.986. The second-order valence-electron chi connectivity index (χ2n) is 2.60. The molecule has 74 valence electrons. The van der Waals surface area contributed by atoms with Gasteiger partial charge in [0, 0.05) is 12.1 Å². The van der Waals surface area contributed by atoms with Crippen LogP contribution in [0.4, 0.5) is 5.69 Å². The van der Waals surface area contributed by atoms with Crippen molar-refractivity contribution in [3.05, 3.63) is 39.9 Å². The number of hydrogen-bond acceptors (Lipinski definition) is 3. The SMILES string of the molecule is CCOC(=[NH2+])c1ccc([N+](=O)[O-])cc1. The van der Waals surface area contributed by atoms with Gasteiger partial charge in [-0.25, -0.2) is 5.41 Å². The lowest BCUT2D eigenvalue weighted by molar-refractivity contribution is -0.384. The maximum Gasteiger partial charge on any atom is 0.366 e. The molecule has 0 fully saturated rings. The zero-order chi connectivity index (χ0) is 10.6. The van der Waals surface area contributed by atoms with Crippen molar-refractivity contribution < 1.29 is 15.1 Å². The molecule has 1 rings (SSSR count). The van der Waals surface area contributed by atoms with Crippen molar-refractivity contribution in [2.75, 3.05) is 6.61 Å². The third-order valence-corrected chi connectivity index (χ3v) is 1.66. The molecule has 14 heavy (non-hydrogen) atoms. The Balaban J connectivity index is 2.83. The number of hydrogen-bond donors (Lipinski definition) is 1. The lowest BCUT2D eigenvalue weighted by Gasteiger charge is -1.98. The zero-order valence-electron chi connectivity index (χ0n) is 7.77. The van der Waals surface area contributed by atoms with E-state index in [4.69, 9.17) is 10.1 Å². The van der Waals surface area contributed by atoms with Gasteiger partial charge in [-0.1, -0.05) is 0 Å². The molecule has 0 aliphatic rings. The first-order valence-electron chi connectivity index (χ1n) is 4.15. The van der Waals surface area contributed by atoms with Crippen LogP contribution in [0.5, 0.6) is 0 Å². The van der Waals surface area contributed by atoms with E-state index in [2.05, 4.69) is 0 Å². The molecule has 0 aromatic heterocycles. The van der Waals surface area contributed by atoms with Crippen molar-refractivity contribution in [2.45, 2.75) is 6.92 Å². The van der Waals surface area contributed by atoms with Crippen LogP contribution in [0.2, 0.25) is 0 Å². The molecule has 0 amide bonds. The Labute approximate surface area is 81.0 Å². The van der Waals surface area contributed by atoms with Crippen molar-refractivity contribution in [1.82, 2.24) is 0 Å². The molecule has 0 heterocycles. The van der Waals surface area contributed by atoms with Crippen molar-refractivity contribution >= 4 is 11.6 Å². The van der Waals surface area contributed by atoms with Crippen LogP contribution in [0, 0.1) is 10.1 Å². The molecule has 5 nitrogen and oxygen atoms in total. The van der Waals surface area contributed by atoms with Gasteiger partial charge >= 0.3 is 5.90 Å². The van der Waals surface area contributed by atoms with Crippen molar-refractivity contribution in [2.24, 2.45) is 0 Å².